The first-order chi connectivity index (χ1) is 8.38. The molecule has 1 fully saturated rings. The SMILES string of the molecule is CC1C(N)CCC1c1ccccc1OC(F)(F)F. The summed E-state index contributed by atoms with van der Waals surface area (Å²) in [6, 6.07) is 6.38. The summed E-state index contributed by atoms with van der Waals surface area (Å²) in [5.41, 5.74) is 6.53. The third-order valence-electron chi connectivity index (χ3n) is 3.67. The maximum absolute atomic E-state index is 12.3. The van der Waals surface area contributed by atoms with Gasteiger partial charge in [-0.15, -0.1) is 13.2 Å². The highest BCUT2D eigenvalue weighted by atomic mass is 19.4. The third kappa shape index (κ3) is 2.77. The van der Waals surface area contributed by atoms with Gasteiger partial charge in [-0.05, 0) is 36.3 Å². The highest BCUT2D eigenvalue weighted by Crippen LogP contribution is 2.43. The smallest absolute Gasteiger partial charge is 0.405 e. The summed E-state index contributed by atoms with van der Waals surface area (Å²) >= 11 is 0. The molecule has 0 aromatic heterocycles. The molecule has 0 spiro atoms. The summed E-state index contributed by atoms with van der Waals surface area (Å²) in [4.78, 5) is 0. The fourth-order valence-corrected chi connectivity index (χ4v) is 2.64. The van der Waals surface area contributed by atoms with E-state index in [1.165, 1.54) is 6.07 Å². The first-order valence-corrected chi connectivity index (χ1v) is 5.99. The Kier molecular flexibility index (Phi) is 3.52. The second kappa shape index (κ2) is 4.80. The number of para-hydroxylation sites is 1. The van der Waals surface area contributed by atoms with Crippen molar-refractivity contribution in [2.45, 2.75) is 38.1 Å². The molecule has 0 aliphatic heterocycles. The molecule has 1 aromatic rings. The predicted molar refractivity (Wildman–Crippen MR) is 62.2 cm³/mol. The Morgan fingerprint density at radius 3 is 2.44 bits per heavy atom. The van der Waals surface area contributed by atoms with Crippen molar-refractivity contribution in [3.63, 3.8) is 0 Å². The molecule has 2 rings (SSSR count). The van der Waals surface area contributed by atoms with Gasteiger partial charge in [0, 0.05) is 6.04 Å². The molecule has 0 radical (unpaired) electrons. The molecular weight excluding hydrogens is 243 g/mol. The highest BCUT2D eigenvalue weighted by Gasteiger charge is 2.36. The Bertz CT molecular complexity index is 419. The number of hydrogen-bond acceptors (Lipinski definition) is 2. The van der Waals surface area contributed by atoms with Crippen molar-refractivity contribution in [2.75, 3.05) is 0 Å². The first-order valence-electron chi connectivity index (χ1n) is 5.99. The van der Waals surface area contributed by atoms with E-state index >= 15 is 0 Å². The molecule has 0 saturated heterocycles. The molecule has 3 atom stereocenters. The van der Waals surface area contributed by atoms with Gasteiger partial charge in [0.2, 0.25) is 0 Å². The fraction of sp³-hybridized carbons (Fsp3) is 0.538. The summed E-state index contributed by atoms with van der Waals surface area (Å²) in [6.07, 6.45) is -3.01. The van der Waals surface area contributed by atoms with Crippen LogP contribution in [0.2, 0.25) is 0 Å². The first kappa shape index (κ1) is 13.2. The second-order valence-corrected chi connectivity index (χ2v) is 4.79. The lowest BCUT2D eigenvalue weighted by Crippen LogP contribution is -2.25. The molecule has 3 unspecified atom stereocenters. The van der Waals surface area contributed by atoms with Crippen LogP contribution in [-0.2, 0) is 0 Å². The lowest BCUT2D eigenvalue weighted by atomic mass is 9.88. The van der Waals surface area contributed by atoms with Gasteiger partial charge in [-0.25, -0.2) is 0 Å². The Hall–Kier alpha value is -1.23. The zero-order valence-electron chi connectivity index (χ0n) is 10.1. The van der Waals surface area contributed by atoms with Crippen molar-refractivity contribution >= 4 is 0 Å². The predicted octanol–water partition coefficient (Wildman–Crippen LogP) is 3.43. The zero-order chi connectivity index (χ0) is 13.3. The lowest BCUT2D eigenvalue weighted by Gasteiger charge is -2.21. The average molecular weight is 259 g/mol. The Balaban J connectivity index is 2.28. The third-order valence-corrected chi connectivity index (χ3v) is 3.67. The molecular formula is C13H16F3NO. The van der Waals surface area contributed by atoms with Gasteiger partial charge >= 0.3 is 6.36 Å². The highest BCUT2D eigenvalue weighted by molar-refractivity contribution is 5.37. The van der Waals surface area contributed by atoms with E-state index in [0.29, 0.717) is 5.56 Å². The fourth-order valence-electron chi connectivity index (χ4n) is 2.64. The zero-order valence-corrected chi connectivity index (χ0v) is 10.1. The number of rotatable bonds is 2. The number of halogens is 3. The Morgan fingerprint density at radius 2 is 1.89 bits per heavy atom. The van der Waals surface area contributed by atoms with E-state index in [4.69, 9.17) is 5.73 Å². The molecule has 1 aromatic carbocycles. The standard InChI is InChI=1S/C13H16F3NO/c1-8-9(6-7-11(8)17)10-4-2-3-5-12(10)18-13(14,15)16/h2-5,8-9,11H,6-7,17H2,1H3. The average Bonchev–Trinajstić information content (AvgIpc) is 2.59. The molecule has 0 amide bonds. The summed E-state index contributed by atoms with van der Waals surface area (Å²) in [5, 5.41) is 0. The van der Waals surface area contributed by atoms with E-state index in [1.54, 1.807) is 18.2 Å². The van der Waals surface area contributed by atoms with Crippen LogP contribution in [0, 0.1) is 5.92 Å². The molecule has 1 saturated carbocycles. The van der Waals surface area contributed by atoms with Crippen molar-refractivity contribution in [2.24, 2.45) is 11.7 Å². The van der Waals surface area contributed by atoms with Crippen molar-refractivity contribution < 1.29 is 17.9 Å². The summed E-state index contributed by atoms with van der Waals surface area (Å²) in [5.74, 6) is 0.109. The molecule has 2 N–H and O–H groups in total. The monoisotopic (exact) mass is 259 g/mol. The van der Waals surface area contributed by atoms with E-state index in [2.05, 4.69) is 4.74 Å². The van der Waals surface area contributed by atoms with Gasteiger partial charge in [0.05, 0.1) is 0 Å². The Labute approximate surface area is 104 Å². The summed E-state index contributed by atoms with van der Waals surface area (Å²) in [6.45, 7) is 1.98. The number of ether oxygens (including phenoxy) is 1. The summed E-state index contributed by atoms with van der Waals surface area (Å²) < 4.78 is 41.1. The van der Waals surface area contributed by atoms with E-state index in [-0.39, 0.29) is 23.6 Å². The maximum atomic E-state index is 12.3. The normalized spacial score (nSPS) is 28.4. The number of hydrogen-bond donors (Lipinski definition) is 1. The van der Waals surface area contributed by atoms with Crippen molar-refractivity contribution in [1.29, 1.82) is 0 Å². The number of alkyl halides is 3. The molecule has 1 aliphatic rings. The van der Waals surface area contributed by atoms with E-state index in [1.807, 2.05) is 6.92 Å². The molecule has 1 aliphatic carbocycles. The minimum Gasteiger partial charge on any atom is -0.405 e. The molecule has 100 valence electrons. The van der Waals surface area contributed by atoms with Gasteiger partial charge in [-0.3, -0.25) is 0 Å². The van der Waals surface area contributed by atoms with Crippen LogP contribution in [-0.4, -0.2) is 12.4 Å². The van der Waals surface area contributed by atoms with Crippen LogP contribution >= 0.6 is 0 Å². The van der Waals surface area contributed by atoms with Crippen LogP contribution in [0.4, 0.5) is 13.2 Å². The maximum Gasteiger partial charge on any atom is 0.573 e. The second-order valence-electron chi connectivity index (χ2n) is 4.79. The summed E-state index contributed by atoms with van der Waals surface area (Å²) in [7, 11) is 0. The van der Waals surface area contributed by atoms with Gasteiger partial charge in [0.25, 0.3) is 0 Å². The van der Waals surface area contributed by atoms with Gasteiger partial charge < -0.3 is 10.5 Å². The van der Waals surface area contributed by atoms with Crippen LogP contribution in [0.25, 0.3) is 0 Å². The number of benzene rings is 1. The van der Waals surface area contributed by atoms with E-state index in [9.17, 15) is 13.2 Å². The molecule has 18 heavy (non-hydrogen) atoms. The van der Waals surface area contributed by atoms with Crippen LogP contribution in [0.3, 0.4) is 0 Å². The van der Waals surface area contributed by atoms with Crippen molar-refractivity contribution in [1.82, 2.24) is 0 Å². The van der Waals surface area contributed by atoms with Gasteiger partial charge in [-0.1, -0.05) is 25.1 Å². The van der Waals surface area contributed by atoms with Crippen molar-refractivity contribution in [3.05, 3.63) is 29.8 Å². The quantitative estimate of drug-likeness (QED) is 0.883. The minimum atomic E-state index is -4.65. The van der Waals surface area contributed by atoms with Crippen LogP contribution in [0.15, 0.2) is 24.3 Å². The van der Waals surface area contributed by atoms with Crippen LogP contribution in [0.5, 0.6) is 5.75 Å². The molecule has 0 bridgehead atoms. The number of nitrogens with two attached hydrogens (primary N) is 1. The molecule has 0 heterocycles. The van der Waals surface area contributed by atoms with Gasteiger partial charge in [0.15, 0.2) is 0 Å². The van der Waals surface area contributed by atoms with E-state index < -0.39 is 6.36 Å². The van der Waals surface area contributed by atoms with Gasteiger partial charge in [-0.2, -0.15) is 0 Å². The lowest BCUT2D eigenvalue weighted by molar-refractivity contribution is -0.275. The van der Waals surface area contributed by atoms with E-state index in [0.717, 1.165) is 12.8 Å². The van der Waals surface area contributed by atoms with Crippen LogP contribution < -0.4 is 10.5 Å². The van der Waals surface area contributed by atoms with Crippen LogP contribution in [0.1, 0.15) is 31.2 Å². The minimum absolute atomic E-state index is 0.0403. The van der Waals surface area contributed by atoms with Gasteiger partial charge in [0.1, 0.15) is 5.75 Å². The Morgan fingerprint density at radius 1 is 1.22 bits per heavy atom. The molecule has 2 nitrogen and oxygen atoms in total. The van der Waals surface area contributed by atoms with Crippen molar-refractivity contribution in [3.8, 4) is 5.75 Å². The largest absolute Gasteiger partial charge is 0.573 e. The topological polar surface area (TPSA) is 35.2 Å². The molecule has 5 heteroatoms.